The summed E-state index contributed by atoms with van der Waals surface area (Å²) in [7, 11) is 0. The summed E-state index contributed by atoms with van der Waals surface area (Å²) in [6.45, 7) is 0.376. The van der Waals surface area contributed by atoms with Crippen LogP contribution in [-0.2, 0) is 4.79 Å². The molecule has 1 aliphatic rings. The van der Waals surface area contributed by atoms with Crippen molar-refractivity contribution in [2.45, 2.75) is 44.2 Å². The number of hydrogen-bond donors (Lipinski definition) is 3. The molecule has 0 aliphatic heterocycles. The van der Waals surface area contributed by atoms with Gasteiger partial charge in [-0.2, -0.15) is 0 Å². The molecule has 1 heterocycles. The highest BCUT2D eigenvalue weighted by atomic mass is 32.1. The Hall–Kier alpha value is -1.99. The molecule has 1 fully saturated rings. The molecule has 1 aliphatic carbocycles. The topological polar surface area (TPSA) is 97.1 Å². The van der Waals surface area contributed by atoms with Gasteiger partial charge >= 0.3 is 0 Å². The Morgan fingerprint density at radius 2 is 1.88 bits per heavy atom. The lowest BCUT2D eigenvalue weighted by Crippen LogP contribution is -2.44. The summed E-state index contributed by atoms with van der Waals surface area (Å²) >= 11 is 1.53. The number of fused-ring (bicyclic) bond motifs is 1. The van der Waals surface area contributed by atoms with Crippen LogP contribution in [0.1, 0.15) is 42.5 Å². The van der Waals surface area contributed by atoms with Gasteiger partial charge < -0.3 is 16.4 Å². The first kappa shape index (κ1) is 16.9. The molecule has 3 rings (SSSR count). The summed E-state index contributed by atoms with van der Waals surface area (Å²) < 4.78 is 1.02. The molecule has 0 atom stereocenters. The Morgan fingerprint density at radius 1 is 1.17 bits per heavy atom. The standard InChI is InChI=1S/C17H22N4O2S/c18-8-7-16(22)20-12-2-4-13(5-3-12)21-17(23)11-1-6-14-15(9-11)24-10-19-14/h1,6,9-10,12-13H,2-5,7-8,18H2,(H,20,22)(H,21,23)/t12-,13-. The van der Waals surface area contributed by atoms with Gasteiger partial charge in [-0.25, -0.2) is 4.98 Å². The average molecular weight is 346 g/mol. The third kappa shape index (κ3) is 4.10. The number of carbonyl (C=O) groups is 2. The molecule has 0 radical (unpaired) electrons. The van der Waals surface area contributed by atoms with Crippen LogP contribution in [0, 0.1) is 0 Å². The van der Waals surface area contributed by atoms with E-state index in [1.165, 1.54) is 11.3 Å². The van der Waals surface area contributed by atoms with Crippen LogP contribution < -0.4 is 16.4 Å². The molecule has 2 aromatic rings. The van der Waals surface area contributed by atoms with Crippen molar-refractivity contribution in [3.8, 4) is 0 Å². The largest absolute Gasteiger partial charge is 0.353 e. The van der Waals surface area contributed by atoms with Crippen molar-refractivity contribution in [1.29, 1.82) is 0 Å². The molecule has 0 spiro atoms. The number of hydrogen-bond acceptors (Lipinski definition) is 5. The van der Waals surface area contributed by atoms with Gasteiger partial charge in [-0.3, -0.25) is 9.59 Å². The van der Waals surface area contributed by atoms with Crippen molar-refractivity contribution in [3.63, 3.8) is 0 Å². The summed E-state index contributed by atoms with van der Waals surface area (Å²) in [6.07, 6.45) is 3.89. The molecule has 4 N–H and O–H groups in total. The highest BCUT2D eigenvalue weighted by molar-refractivity contribution is 7.16. The molecule has 24 heavy (non-hydrogen) atoms. The fourth-order valence-electron chi connectivity index (χ4n) is 3.08. The average Bonchev–Trinajstić information content (AvgIpc) is 3.04. The van der Waals surface area contributed by atoms with Gasteiger partial charge in [-0.1, -0.05) is 0 Å². The molecule has 2 amide bonds. The van der Waals surface area contributed by atoms with Crippen molar-refractivity contribution >= 4 is 33.4 Å². The van der Waals surface area contributed by atoms with E-state index in [1.807, 2.05) is 18.2 Å². The smallest absolute Gasteiger partial charge is 0.251 e. The van der Waals surface area contributed by atoms with Gasteiger partial charge in [0.15, 0.2) is 0 Å². The van der Waals surface area contributed by atoms with E-state index in [0.717, 1.165) is 35.9 Å². The van der Waals surface area contributed by atoms with E-state index in [0.29, 0.717) is 18.5 Å². The van der Waals surface area contributed by atoms with E-state index in [9.17, 15) is 9.59 Å². The Balaban J connectivity index is 1.50. The number of nitrogens with one attached hydrogen (secondary N) is 2. The first-order valence-corrected chi connectivity index (χ1v) is 9.17. The zero-order chi connectivity index (χ0) is 16.9. The van der Waals surface area contributed by atoms with Crippen LogP contribution >= 0.6 is 11.3 Å². The maximum absolute atomic E-state index is 12.4. The fraction of sp³-hybridized carbons (Fsp3) is 0.471. The monoisotopic (exact) mass is 346 g/mol. The number of rotatable bonds is 5. The molecular formula is C17H22N4O2S. The Kier molecular flexibility index (Phi) is 5.42. The van der Waals surface area contributed by atoms with Crippen LogP contribution in [0.15, 0.2) is 23.7 Å². The highest BCUT2D eigenvalue weighted by Crippen LogP contribution is 2.21. The van der Waals surface area contributed by atoms with Gasteiger partial charge in [0.1, 0.15) is 0 Å². The van der Waals surface area contributed by atoms with E-state index in [2.05, 4.69) is 15.6 Å². The Morgan fingerprint density at radius 3 is 2.58 bits per heavy atom. The molecule has 0 saturated heterocycles. The summed E-state index contributed by atoms with van der Waals surface area (Å²) in [4.78, 5) is 28.2. The van der Waals surface area contributed by atoms with Crippen LogP contribution in [0.2, 0.25) is 0 Å². The Bertz CT molecular complexity index is 722. The zero-order valence-corrected chi connectivity index (χ0v) is 14.3. The second kappa shape index (κ2) is 7.72. The molecule has 1 aromatic heterocycles. The number of amides is 2. The van der Waals surface area contributed by atoms with Crippen molar-refractivity contribution < 1.29 is 9.59 Å². The lowest BCUT2D eigenvalue weighted by Gasteiger charge is -2.29. The number of thiazole rings is 1. The summed E-state index contributed by atoms with van der Waals surface area (Å²) in [5.74, 6) is -0.0243. The van der Waals surface area contributed by atoms with E-state index >= 15 is 0 Å². The van der Waals surface area contributed by atoms with Crippen LogP contribution in [0.3, 0.4) is 0 Å². The minimum atomic E-state index is -0.0408. The van der Waals surface area contributed by atoms with Crippen molar-refractivity contribution in [2.75, 3.05) is 6.54 Å². The highest BCUT2D eigenvalue weighted by Gasteiger charge is 2.23. The molecule has 0 bridgehead atoms. The minimum Gasteiger partial charge on any atom is -0.353 e. The van der Waals surface area contributed by atoms with Crippen LogP contribution in [0.4, 0.5) is 0 Å². The van der Waals surface area contributed by atoms with Gasteiger partial charge in [0.05, 0.1) is 15.7 Å². The number of carbonyl (C=O) groups excluding carboxylic acids is 2. The number of nitrogens with two attached hydrogens (primary N) is 1. The van der Waals surface area contributed by atoms with E-state index in [-0.39, 0.29) is 23.9 Å². The summed E-state index contributed by atoms with van der Waals surface area (Å²) in [5, 5.41) is 6.11. The SMILES string of the molecule is NCCC(=O)N[C@H]1CC[C@H](NC(=O)c2ccc3ncsc3c2)CC1. The second-order valence-corrected chi connectivity index (χ2v) is 7.05. The molecule has 1 aromatic carbocycles. The third-order valence-electron chi connectivity index (χ3n) is 4.39. The van der Waals surface area contributed by atoms with Crippen molar-refractivity contribution in [1.82, 2.24) is 15.6 Å². The van der Waals surface area contributed by atoms with E-state index in [4.69, 9.17) is 5.73 Å². The molecule has 7 heteroatoms. The maximum Gasteiger partial charge on any atom is 0.251 e. The molecular weight excluding hydrogens is 324 g/mol. The van der Waals surface area contributed by atoms with Gasteiger partial charge in [-0.15, -0.1) is 11.3 Å². The van der Waals surface area contributed by atoms with Crippen LogP contribution in [-0.4, -0.2) is 35.4 Å². The first-order chi connectivity index (χ1) is 11.7. The van der Waals surface area contributed by atoms with E-state index < -0.39 is 0 Å². The zero-order valence-electron chi connectivity index (χ0n) is 13.5. The van der Waals surface area contributed by atoms with Gasteiger partial charge in [-0.05, 0) is 43.9 Å². The van der Waals surface area contributed by atoms with Gasteiger partial charge in [0, 0.05) is 30.6 Å². The summed E-state index contributed by atoms with van der Waals surface area (Å²) in [6, 6.07) is 5.95. The second-order valence-electron chi connectivity index (χ2n) is 6.16. The van der Waals surface area contributed by atoms with Crippen molar-refractivity contribution in [2.24, 2.45) is 5.73 Å². The number of aromatic nitrogens is 1. The number of benzene rings is 1. The first-order valence-electron chi connectivity index (χ1n) is 8.29. The van der Waals surface area contributed by atoms with Crippen molar-refractivity contribution in [3.05, 3.63) is 29.3 Å². The molecule has 6 nitrogen and oxygen atoms in total. The minimum absolute atomic E-state index is 0.0165. The fourth-order valence-corrected chi connectivity index (χ4v) is 3.79. The maximum atomic E-state index is 12.4. The summed E-state index contributed by atoms with van der Waals surface area (Å²) in [5.41, 5.74) is 8.76. The predicted molar refractivity (Wildman–Crippen MR) is 94.9 cm³/mol. The normalized spacial score (nSPS) is 20.7. The third-order valence-corrected chi connectivity index (χ3v) is 5.18. The lowest BCUT2D eigenvalue weighted by molar-refractivity contribution is -0.121. The van der Waals surface area contributed by atoms with Crippen LogP contribution in [0.25, 0.3) is 10.2 Å². The molecule has 0 unspecified atom stereocenters. The quantitative estimate of drug-likeness (QED) is 0.769. The Labute approximate surface area is 144 Å². The predicted octanol–water partition coefficient (Wildman–Crippen LogP) is 1.80. The lowest BCUT2D eigenvalue weighted by atomic mass is 9.91. The van der Waals surface area contributed by atoms with E-state index in [1.54, 1.807) is 5.51 Å². The molecule has 128 valence electrons. The van der Waals surface area contributed by atoms with Gasteiger partial charge in [0.2, 0.25) is 5.91 Å². The number of nitrogens with zero attached hydrogens (tertiary/aromatic N) is 1. The van der Waals surface area contributed by atoms with Gasteiger partial charge in [0.25, 0.3) is 5.91 Å². The molecule has 1 saturated carbocycles. The van der Waals surface area contributed by atoms with Crippen LogP contribution in [0.5, 0.6) is 0 Å².